The van der Waals surface area contributed by atoms with Gasteiger partial charge in [-0.3, -0.25) is 9.89 Å². The van der Waals surface area contributed by atoms with E-state index in [1.807, 2.05) is 0 Å². The van der Waals surface area contributed by atoms with E-state index in [9.17, 15) is 4.79 Å². The maximum absolute atomic E-state index is 11.5. The van der Waals surface area contributed by atoms with Crippen molar-refractivity contribution in [3.63, 3.8) is 0 Å². The van der Waals surface area contributed by atoms with Crippen LogP contribution in [0.25, 0.3) is 22.4 Å². The Morgan fingerprint density at radius 3 is 2.48 bits per heavy atom. The van der Waals surface area contributed by atoms with Gasteiger partial charge in [0.1, 0.15) is 0 Å². The molecule has 4 N–H and O–H groups in total. The van der Waals surface area contributed by atoms with Gasteiger partial charge >= 0.3 is 0 Å². The van der Waals surface area contributed by atoms with E-state index in [0.717, 1.165) is 0 Å². The van der Waals surface area contributed by atoms with Crippen LogP contribution >= 0.6 is 23.2 Å². The van der Waals surface area contributed by atoms with E-state index in [1.54, 1.807) is 30.5 Å². The Labute approximate surface area is 129 Å². The lowest BCUT2D eigenvalue weighted by Crippen LogP contribution is -2.02. The maximum atomic E-state index is 11.5. The number of hydrogen-bond acceptors (Lipinski definition) is 3. The maximum Gasteiger partial charge on any atom is 0.248 e. The smallest absolute Gasteiger partial charge is 0.248 e. The second kappa shape index (κ2) is 5.27. The number of aromatic amines is 2. The molecule has 0 aliphatic heterocycles. The van der Waals surface area contributed by atoms with Gasteiger partial charge in [0, 0.05) is 23.4 Å². The number of nitrogens with one attached hydrogen (secondary N) is 2. The highest BCUT2D eigenvalue weighted by Crippen LogP contribution is 2.41. The molecule has 3 aromatic rings. The Balaban J connectivity index is 2.30. The Kier molecular flexibility index (Phi) is 3.45. The van der Waals surface area contributed by atoms with Crippen LogP contribution in [-0.4, -0.2) is 15.2 Å². The molecular formula is C14H10Cl2N4O. The zero-order chi connectivity index (χ0) is 15.0. The van der Waals surface area contributed by atoms with E-state index in [-0.39, 0.29) is 11.4 Å². The summed E-state index contributed by atoms with van der Waals surface area (Å²) in [5, 5.41) is 7.75. The molecule has 0 atom stereocenters. The lowest BCUT2D eigenvalue weighted by Gasteiger charge is -2.08. The first-order valence-electron chi connectivity index (χ1n) is 6.05. The van der Waals surface area contributed by atoms with Gasteiger partial charge in [-0.05, 0) is 18.2 Å². The van der Waals surface area contributed by atoms with E-state index >= 15 is 0 Å². The highest BCUT2D eigenvalue weighted by atomic mass is 35.5. The molecule has 2 heterocycles. The summed E-state index contributed by atoms with van der Waals surface area (Å²) in [5.74, 6) is 0.264. The topological polar surface area (TPSA) is 87.6 Å². The van der Waals surface area contributed by atoms with Crippen molar-refractivity contribution in [1.29, 1.82) is 0 Å². The van der Waals surface area contributed by atoms with Crippen LogP contribution in [0.3, 0.4) is 0 Å². The first-order chi connectivity index (χ1) is 10.1. The van der Waals surface area contributed by atoms with Gasteiger partial charge in [-0.2, -0.15) is 5.10 Å². The normalized spacial score (nSPS) is 10.8. The quantitative estimate of drug-likeness (QED) is 0.676. The van der Waals surface area contributed by atoms with Crippen molar-refractivity contribution in [3.8, 4) is 22.4 Å². The zero-order valence-electron chi connectivity index (χ0n) is 10.7. The van der Waals surface area contributed by atoms with Crippen molar-refractivity contribution in [2.24, 2.45) is 0 Å². The molecule has 2 aromatic heterocycles. The van der Waals surface area contributed by atoms with Gasteiger partial charge in [0.15, 0.2) is 5.82 Å². The fourth-order valence-electron chi connectivity index (χ4n) is 2.15. The number of nitrogens with two attached hydrogens (primary N) is 1. The molecule has 1 aromatic carbocycles. The van der Waals surface area contributed by atoms with Crippen molar-refractivity contribution in [2.75, 3.05) is 5.73 Å². The van der Waals surface area contributed by atoms with Crippen LogP contribution in [0.2, 0.25) is 10.0 Å². The number of nitrogens with zero attached hydrogens (tertiary/aromatic N) is 1. The van der Waals surface area contributed by atoms with E-state index in [4.69, 9.17) is 28.9 Å². The third kappa shape index (κ3) is 2.41. The summed E-state index contributed by atoms with van der Waals surface area (Å²) in [6.07, 6.45) is 1.55. The molecule has 0 bridgehead atoms. The lowest BCUT2D eigenvalue weighted by atomic mass is 10.0. The van der Waals surface area contributed by atoms with E-state index in [0.29, 0.717) is 32.4 Å². The Morgan fingerprint density at radius 2 is 1.81 bits per heavy atom. The number of hydrogen-bond donors (Lipinski definition) is 3. The van der Waals surface area contributed by atoms with Crippen LogP contribution in [-0.2, 0) is 0 Å². The molecule has 106 valence electrons. The molecule has 0 saturated heterocycles. The van der Waals surface area contributed by atoms with Crippen LogP contribution in [0, 0.1) is 0 Å². The highest BCUT2D eigenvalue weighted by molar-refractivity contribution is 6.39. The standard InChI is InChI=1S/C14H10Cl2N4O/c15-8-2-1-3-9(16)11(8)12-13(19-20-14(12)17)7-4-5-18-10(21)6-7/h1-6H,(H,18,21)(H3,17,19,20). The van der Waals surface area contributed by atoms with Crippen LogP contribution in [0.15, 0.2) is 41.3 Å². The average molecular weight is 321 g/mol. The minimum atomic E-state index is -0.225. The minimum absolute atomic E-state index is 0.225. The second-order valence-corrected chi connectivity index (χ2v) is 5.21. The Morgan fingerprint density at radius 1 is 1.10 bits per heavy atom. The van der Waals surface area contributed by atoms with E-state index in [1.165, 1.54) is 6.07 Å². The molecule has 3 rings (SSSR count). The molecule has 5 nitrogen and oxygen atoms in total. The number of anilines is 1. The lowest BCUT2D eigenvalue weighted by molar-refractivity contribution is 1.10. The average Bonchev–Trinajstić information content (AvgIpc) is 2.81. The summed E-state index contributed by atoms with van der Waals surface area (Å²) in [7, 11) is 0. The van der Waals surface area contributed by atoms with Crippen LogP contribution < -0.4 is 11.3 Å². The van der Waals surface area contributed by atoms with Crippen LogP contribution in [0.1, 0.15) is 0 Å². The monoisotopic (exact) mass is 320 g/mol. The highest BCUT2D eigenvalue weighted by Gasteiger charge is 2.19. The molecule has 21 heavy (non-hydrogen) atoms. The number of rotatable bonds is 2. The molecule has 0 radical (unpaired) electrons. The molecule has 0 amide bonds. The second-order valence-electron chi connectivity index (χ2n) is 4.40. The number of benzene rings is 1. The third-order valence-corrected chi connectivity index (χ3v) is 3.70. The zero-order valence-corrected chi connectivity index (χ0v) is 12.2. The van der Waals surface area contributed by atoms with E-state index in [2.05, 4.69) is 15.2 Å². The number of pyridine rings is 1. The SMILES string of the molecule is Nc1n[nH]c(-c2cc[nH]c(=O)c2)c1-c1c(Cl)cccc1Cl. The fourth-order valence-corrected chi connectivity index (χ4v) is 2.74. The third-order valence-electron chi connectivity index (χ3n) is 3.07. The van der Waals surface area contributed by atoms with Gasteiger partial charge in [0.25, 0.3) is 0 Å². The van der Waals surface area contributed by atoms with Gasteiger partial charge in [0.05, 0.1) is 21.3 Å². The van der Waals surface area contributed by atoms with Crippen molar-refractivity contribution < 1.29 is 0 Å². The molecule has 0 saturated carbocycles. The molecule has 0 fully saturated rings. The van der Waals surface area contributed by atoms with Crippen molar-refractivity contribution in [3.05, 3.63) is 56.9 Å². The summed E-state index contributed by atoms with van der Waals surface area (Å²) in [5.41, 5.74) is 8.12. The van der Waals surface area contributed by atoms with Crippen molar-refractivity contribution >= 4 is 29.0 Å². The predicted octanol–water partition coefficient (Wildman–Crippen LogP) is 3.32. The van der Waals surface area contributed by atoms with Crippen LogP contribution in [0.5, 0.6) is 0 Å². The molecule has 0 unspecified atom stereocenters. The molecule has 0 spiro atoms. The van der Waals surface area contributed by atoms with E-state index < -0.39 is 0 Å². The molecule has 0 aliphatic rings. The summed E-state index contributed by atoms with van der Waals surface area (Å²) < 4.78 is 0. The number of H-pyrrole nitrogens is 2. The van der Waals surface area contributed by atoms with Gasteiger partial charge in [-0.15, -0.1) is 0 Å². The summed E-state index contributed by atoms with van der Waals surface area (Å²) >= 11 is 12.5. The van der Waals surface area contributed by atoms with Gasteiger partial charge in [-0.1, -0.05) is 29.3 Å². The molecule has 7 heteroatoms. The Hall–Kier alpha value is -2.24. The largest absolute Gasteiger partial charge is 0.382 e. The first-order valence-corrected chi connectivity index (χ1v) is 6.81. The molecular weight excluding hydrogens is 311 g/mol. The van der Waals surface area contributed by atoms with Crippen molar-refractivity contribution in [1.82, 2.24) is 15.2 Å². The van der Waals surface area contributed by atoms with Crippen molar-refractivity contribution in [2.45, 2.75) is 0 Å². The minimum Gasteiger partial charge on any atom is -0.382 e. The van der Waals surface area contributed by atoms with Gasteiger partial charge in [0.2, 0.25) is 5.56 Å². The number of nitrogen functional groups attached to an aromatic ring is 1. The Bertz CT molecular complexity index is 849. The predicted molar refractivity (Wildman–Crippen MR) is 84.5 cm³/mol. The van der Waals surface area contributed by atoms with Gasteiger partial charge < -0.3 is 10.7 Å². The summed E-state index contributed by atoms with van der Waals surface area (Å²) in [4.78, 5) is 14.0. The van der Waals surface area contributed by atoms with Gasteiger partial charge in [-0.25, -0.2) is 0 Å². The fraction of sp³-hybridized carbons (Fsp3) is 0. The van der Waals surface area contributed by atoms with Crippen LogP contribution in [0.4, 0.5) is 5.82 Å². The summed E-state index contributed by atoms with van der Waals surface area (Å²) in [6, 6.07) is 8.37. The first kappa shape index (κ1) is 13.7. The molecule has 0 aliphatic carbocycles. The number of aromatic nitrogens is 3. The number of halogens is 2. The summed E-state index contributed by atoms with van der Waals surface area (Å²) in [6.45, 7) is 0.